The Balaban J connectivity index is 1.78. The Kier molecular flexibility index (Phi) is 11.2. The van der Waals surface area contributed by atoms with Crippen molar-refractivity contribution in [1.29, 1.82) is 0 Å². The van der Waals surface area contributed by atoms with Crippen LogP contribution in [0.1, 0.15) is 13.2 Å². The number of imidazole rings is 1. The van der Waals surface area contributed by atoms with Crippen molar-refractivity contribution in [3.8, 4) is 0 Å². The van der Waals surface area contributed by atoms with Crippen LogP contribution in [0.4, 0.5) is 10.6 Å². The van der Waals surface area contributed by atoms with E-state index < -0.39 is 78.7 Å². The first-order chi connectivity index (χ1) is 19.7. The first-order valence-corrected chi connectivity index (χ1v) is 17.1. The zero-order chi connectivity index (χ0) is 32.5. The molecular weight excluding hydrogens is 671 g/mol. The van der Waals surface area contributed by atoms with E-state index in [0.717, 1.165) is 22.7 Å². The molecule has 2 aromatic heterocycles. The maximum atomic E-state index is 12.4. The number of carbonyl (C=O) groups excluding carboxylic acids is 2. The third-order valence-electron chi connectivity index (χ3n) is 5.30. The summed E-state index contributed by atoms with van der Waals surface area (Å²) in [4.78, 5) is 72.9. The highest BCUT2D eigenvalue weighted by molar-refractivity contribution is 7.98. The predicted octanol–water partition coefficient (Wildman–Crippen LogP) is -2.13. The van der Waals surface area contributed by atoms with Gasteiger partial charge in [-0.25, -0.2) is 33.4 Å². The van der Waals surface area contributed by atoms with E-state index in [1.807, 2.05) is 5.32 Å². The van der Waals surface area contributed by atoms with Crippen molar-refractivity contribution >= 4 is 64.2 Å². The normalized spacial score (nSPS) is 25.1. The molecule has 3 amide bonds. The van der Waals surface area contributed by atoms with Gasteiger partial charge in [-0.05, 0) is 13.2 Å². The fraction of sp³-hybridized carbons (Fsp3) is 0.562. The molecule has 0 aromatic carbocycles. The summed E-state index contributed by atoms with van der Waals surface area (Å²) < 4.78 is 52.5. The molecule has 27 heteroatoms. The SMILES string of the molecule is CSc1nc(NC(=O)NC(=O)[C@@H](N)[C@@H](C)O)c2ncn([C@@H]3O[C@H](COP(=O)(O)OP(=O)(O)OP(=O)(O)O)[C@@H](O)[C@H]3O)c2n1. The summed E-state index contributed by atoms with van der Waals surface area (Å²) in [5.41, 5.74) is 5.35. The van der Waals surface area contributed by atoms with E-state index in [2.05, 4.69) is 33.4 Å². The molecule has 3 heterocycles. The van der Waals surface area contributed by atoms with Gasteiger partial charge in [0.1, 0.15) is 24.4 Å². The van der Waals surface area contributed by atoms with Crippen molar-refractivity contribution in [2.24, 2.45) is 5.73 Å². The minimum absolute atomic E-state index is 0.0635. The largest absolute Gasteiger partial charge is 0.490 e. The molecule has 1 aliphatic heterocycles. The molecule has 1 saturated heterocycles. The van der Waals surface area contributed by atoms with E-state index in [0.29, 0.717) is 0 Å². The Morgan fingerprint density at radius 3 is 2.37 bits per heavy atom. The number of hydrogen-bond donors (Lipinski definition) is 10. The number of hydrogen-bond acceptors (Lipinski definition) is 17. The highest BCUT2D eigenvalue weighted by Crippen LogP contribution is 2.66. The van der Waals surface area contributed by atoms with Gasteiger partial charge in [-0.1, -0.05) is 11.8 Å². The van der Waals surface area contributed by atoms with Gasteiger partial charge < -0.3 is 45.4 Å². The molecule has 0 radical (unpaired) electrons. The molecule has 11 N–H and O–H groups in total. The van der Waals surface area contributed by atoms with Gasteiger partial charge in [-0.3, -0.25) is 24.5 Å². The molecular formula is C16H26N7O16P3S. The van der Waals surface area contributed by atoms with Crippen LogP contribution in [0, 0.1) is 0 Å². The van der Waals surface area contributed by atoms with Crippen LogP contribution in [0.5, 0.6) is 0 Å². The van der Waals surface area contributed by atoms with Crippen molar-refractivity contribution in [3.63, 3.8) is 0 Å². The van der Waals surface area contributed by atoms with Crippen molar-refractivity contribution in [3.05, 3.63) is 6.33 Å². The van der Waals surface area contributed by atoms with Crippen LogP contribution in [-0.4, -0.2) is 110 Å². The van der Waals surface area contributed by atoms with Gasteiger partial charge in [0, 0.05) is 0 Å². The van der Waals surface area contributed by atoms with E-state index >= 15 is 0 Å². The number of aromatic nitrogens is 4. The Hall–Kier alpha value is -1.95. The molecule has 242 valence electrons. The number of phosphoric acid groups is 3. The number of amides is 3. The lowest BCUT2D eigenvalue weighted by atomic mass is 10.1. The third-order valence-corrected chi connectivity index (χ3v) is 9.65. The van der Waals surface area contributed by atoms with Crippen molar-refractivity contribution in [2.45, 2.75) is 48.8 Å². The second-order valence-corrected chi connectivity index (χ2v) is 13.7. The van der Waals surface area contributed by atoms with Crippen LogP contribution >= 0.6 is 35.2 Å². The van der Waals surface area contributed by atoms with E-state index in [9.17, 15) is 48.4 Å². The number of aliphatic hydroxyl groups is 3. The average molecular weight is 697 g/mol. The summed E-state index contributed by atoms with van der Waals surface area (Å²) in [6.07, 6.45) is -5.27. The zero-order valence-corrected chi connectivity index (χ0v) is 25.2. The number of phosphoric ester groups is 1. The summed E-state index contributed by atoms with van der Waals surface area (Å²) in [7, 11) is -17.0. The highest BCUT2D eigenvalue weighted by atomic mass is 32.2. The number of nitrogens with one attached hydrogen (secondary N) is 2. The highest BCUT2D eigenvalue weighted by Gasteiger charge is 2.47. The molecule has 1 aliphatic rings. The number of anilines is 1. The van der Waals surface area contributed by atoms with Crippen LogP contribution < -0.4 is 16.4 Å². The maximum absolute atomic E-state index is 12.4. The molecule has 2 aromatic rings. The number of thioether (sulfide) groups is 1. The number of urea groups is 1. The smallest absolute Gasteiger partial charge is 0.391 e. The fourth-order valence-corrected chi connectivity index (χ4v) is 6.77. The number of rotatable bonds is 12. The van der Waals surface area contributed by atoms with Gasteiger partial charge in [-0.15, -0.1) is 0 Å². The number of carbonyl (C=O) groups is 2. The van der Waals surface area contributed by atoms with E-state index in [1.165, 1.54) is 6.92 Å². The van der Waals surface area contributed by atoms with Crippen LogP contribution in [0.3, 0.4) is 0 Å². The number of aliphatic hydroxyl groups excluding tert-OH is 3. The van der Waals surface area contributed by atoms with Crippen molar-refractivity contribution < 1.29 is 76.1 Å². The number of nitrogens with two attached hydrogens (primary N) is 1. The lowest BCUT2D eigenvalue weighted by molar-refractivity contribution is -0.123. The molecule has 3 rings (SSSR count). The Morgan fingerprint density at radius 2 is 1.79 bits per heavy atom. The molecule has 0 saturated carbocycles. The van der Waals surface area contributed by atoms with Gasteiger partial charge in [0.2, 0.25) is 5.91 Å². The average Bonchev–Trinajstić information content (AvgIpc) is 3.40. The number of nitrogens with zero attached hydrogens (tertiary/aromatic N) is 4. The van der Waals surface area contributed by atoms with Gasteiger partial charge in [0.05, 0.1) is 19.0 Å². The standard InChI is InChI=1S/C16H26N7O16P3S/c1-5(24)7(17)13(27)22-15(28)19-11-8-12(21-16(20-11)43-2)23(4-18-8)14-10(26)9(25)6(37-14)3-36-41(32,33)39-42(34,35)38-40(29,30)31/h4-7,9-10,14,24-26H,3,17H2,1-2H3,(H,32,33)(H,34,35)(H2,29,30,31)(H2,19,20,21,22,27,28)/t5-,6-,7+,9-,10-,14-/m1/s1. The second kappa shape index (κ2) is 13.6. The fourth-order valence-electron chi connectivity index (χ4n) is 3.38. The topological polar surface area (TPSA) is 358 Å². The van der Waals surface area contributed by atoms with Gasteiger partial charge in [0.15, 0.2) is 28.4 Å². The van der Waals surface area contributed by atoms with Crippen LogP contribution in [-0.2, 0) is 36.4 Å². The summed E-state index contributed by atoms with van der Waals surface area (Å²) in [6.45, 7) is 0.181. The quantitative estimate of drug-likeness (QED) is 0.0643. The summed E-state index contributed by atoms with van der Waals surface area (Å²) >= 11 is 1.02. The lowest BCUT2D eigenvalue weighted by Gasteiger charge is -2.19. The second-order valence-electron chi connectivity index (χ2n) is 8.53. The summed E-state index contributed by atoms with van der Waals surface area (Å²) in [5.74, 6) is -1.20. The number of imide groups is 1. The minimum Gasteiger partial charge on any atom is -0.391 e. The van der Waals surface area contributed by atoms with E-state index in [-0.39, 0.29) is 22.1 Å². The summed E-state index contributed by atoms with van der Waals surface area (Å²) in [6, 6.07) is -2.49. The molecule has 0 bridgehead atoms. The lowest BCUT2D eigenvalue weighted by Crippen LogP contribution is -2.50. The van der Waals surface area contributed by atoms with Crippen molar-refractivity contribution in [2.75, 3.05) is 18.2 Å². The Morgan fingerprint density at radius 1 is 1.14 bits per heavy atom. The minimum atomic E-state index is -5.80. The Labute approximate surface area is 244 Å². The van der Waals surface area contributed by atoms with Gasteiger partial charge >= 0.3 is 29.5 Å². The van der Waals surface area contributed by atoms with Crippen LogP contribution in [0.2, 0.25) is 0 Å². The van der Waals surface area contributed by atoms with Gasteiger partial charge in [0.25, 0.3) is 0 Å². The number of ether oxygens (including phenoxy) is 1. The molecule has 23 nitrogen and oxygen atoms in total. The summed E-state index contributed by atoms with van der Waals surface area (Å²) in [5, 5.41) is 34.7. The van der Waals surface area contributed by atoms with Crippen LogP contribution in [0.15, 0.2) is 11.5 Å². The molecule has 1 fully saturated rings. The van der Waals surface area contributed by atoms with Crippen LogP contribution in [0.25, 0.3) is 11.2 Å². The first kappa shape index (κ1) is 35.5. The molecule has 43 heavy (non-hydrogen) atoms. The maximum Gasteiger partial charge on any atom is 0.490 e. The van der Waals surface area contributed by atoms with E-state index in [4.69, 9.17) is 20.3 Å². The molecule has 0 spiro atoms. The molecule has 8 atom stereocenters. The first-order valence-electron chi connectivity index (χ1n) is 11.4. The van der Waals surface area contributed by atoms with Gasteiger partial charge in [-0.2, -0.15) is 8.62 Å². The predicted molar refractivity (Wildman–Crippen MR) is 140 cm³/mol. The Bertz CT molecular complexity index is 1500. The van der Waals surface area contributed by atoms with Crippen molar-refractivity contribution in [1.82, 2.24) is 24.8 Å². The number of fused-ring (bicyclic) bond motifs is 1. The zero-order valence-electron chi connectivity index (χ0n) is 21.7. The monoisotopic (exact) mass is 697 g/mol. The third kappa shape index (κ3) is 9.28. The van der Waals surface area contributed by atoms with E-state index in [1.54, 1.807) is 6.26 Å². The molecule has 0 aliphatic carbocycles. The molecule has 2 unspecified atom stereocenters.